The maximum atomic E-state index is 11.8. The predicted octanol–water partition coefficient (Wildman–Crippen LogP) is 0.836. The molecule has 6 nitrogen and oxygen atoms in total. The minimum absolute atomic E-state index is 0.0323. The second kappa shape index (κ2) is 7.23. The highest BCUT2D eigenvalue weighted by atomic mass is 16.2. The van der Waals surface area contributed by atoms with E-state index in [1.165, 1.54) is 12.8 Å². The highest BCUT2D eigenvalue weighted by molar-refractivity contribution is 5.75. The molecule has 1 amide bonds. The third-order valence-electron chi connectivity index (χ3n) is 3.34. The summed E-state index contributed by atoms with van der Waals surface area (Å²) in [6, 6.07) is 0.363. The summed E-state index contributed by atoms with van der Waals surface area (Å²) in [5, 5.41) is 14.3. The fourth-order valence-corrected chi connectivity index (χ4v) is 2.38. The van der Waals surface area contributed by atoms with Gasteiger partial charge in [0.25, 0.3) is 0 Å². The summed E-state index contributed by atoms with van der Waals surface area (Å²) in [5.74, 6) is 0.0323. The maximum Gasteiger partial charge on any atom is 0.242 e. The second-order valence-electron chi connectivity index (χ2n) is 5.13. The Labute approximate surface area is 113 Å². The normalized spacial score (nSPS) is 15.8. The van der Waals surface area contributed by atoms with Crippen LogP contribution in [0, 0.1) is 0 Å². The van der Waals surface area contributed by atoms with Crippen molar-refractivity contribution in [3.8, 4) is 0 Å². The van der Waals surface area contributed by atoms with E-state index in [1.807, 2.05) is 6.20 Å². The van der Waals surface area contributed by atoms with Gasteiger partial charge in [-0.15, -0.1) is 5.10 Å². The smallest absolute Gasteiger partial charge is 0.242 e. The molecular formula is C13H23N5O. The van der Waals surface area contributed by atoms with Crippen molar-refractivity contribution in [3.63, 3.8) is 0 Å². The van der Waals surface area contributed by atoms with Crippen LogP contribution in [0.5, 0.6) is 0 Å². The second-order valence-corrected chi connectivity index (χ2v) is 5.13. The molecule has 19 heavy (non-hydrogen) atoms. The number of nitrogens with one attached hydrogen (secondary N) is 2. The molecule has 2 rings (SSSR count). The Hall–Kier alpha value is -1.43. The molecule has 106 valence electrons. The summed E-state index contributed by atoms with van der Waals surface area (Å²) in [6.07, 6.45) is 7.59. The van der Waals surface area contributed by atoms with Gasteiger partial charge >= 0.3 is 0 Å². The van der Waals surface area contributed by atoms with Crippen LogP contribution >= 0.6 is 0 Å². The van der Waals surface area contributed by atoms with Crippen molar-refractivity contribution in [2.75, 3.05) is 6.54 Å². The van der Waals surface area contributed by atoms with Crippen LogP contribution in [0.1, 0.15) is 44.7 Å². The zero-order valence-corrected chi connectivity index (χ0v) is 11.6. The Morgan fingerprint density at radius 1 is 1.47 bits per heavy atom. The summed E-state index contributed by atoms with van der Waals surface area (Å²) in [7, 11) is 0. The van der Waals surface area contributed by atoms with Gasteiger partial charge in [0.2, 0.25) is 5.91 Å². The minimum atomic E-state index is 0.0323. The number of carbonyl (C=O) groups is 1. The lowest BCUT2D eigenvalue weighted by Gasteiger charge is -2.11. The van der Waals surface area contributed by atoms with Crippen molar-refractivity contribution in [3.05, 3.63) is 11.9 Å². The van der Waals surface area contributed by atoms with Gasteiger partial charge in [-0.05, 0) is 25.8 Å². The monoisotopic (exact) mass is 265 g/mol. The number of carbonyl (C=O) groups excluding carboxylic acids is 1. The first kappa shape index (κ1) is 14.0. The first-order valence-electron chi connectivity index (χ1n) is 7.17. The zero-order valence-electron chi connectivity index (χ0n) is 11.6. The van der Waals surface area contributed by atoms with Crippen LogP contribution < -0.4 is 10.6 Å². The fraction of sp³-hybridized carbons (Fsp3) is 0.769. The van der Waals surface area contributed by atoms with Gasteiger partial charge in [0, 0.05) is 12.6 Å². The third kappa shape index (κ3) is 4.63. The van der Waals surface area contributed by atoms with Gasteiger partial charge in [0.1, 0.15) is 6.54 Å². The van der Waals surface area contributed by atoms with E-state index in [9.17, 15) is 4.79 Å². The summed E-state index contributed by atoms with van der Waals surface area (Å²) >= 11 is 0. The van der Waals surface area contributed by atoms with Crippen LogP contribution in [-0.4, -0.2) is 33.5 Å². The number of nitrogens with zero attached hydrogens (tertiary/aromatic N) is 3. The first-order chi connectivity index (χ1) is 9.28. The van der Waals surface area contributed by atoms with Gasteiger partial charge in [-0.2, -0.15) is 0 Å². The summed E-state index contributed by atoms with van der Waals surface area (Å²) in [5.41, 5.74) is 0.877. The van der Waals surface area contributed by atoms with E-state index in [2.05, 4.69) is 27.9 Å². The van der Waals surface area contributed by atoms with Crippen molar-refractivity contribution >= 4 is 5.91 Å². The zero-order chi connectivity index (χ0) is 13.5. The lowest BCUT2D eigenvalue weighted by Crippen LogP contribution is -2.35. The Morgan fingerprint density at radius 2 is 2.26 bits per heavy atom. The van der Waals surface area contributed by atoms with E-state index in [1.54, 1.807) is 4.68 Å². The standard InChI is InChI=1S/C13H23N5O/c1-2-7-14-8-12-9-18(17-16-12)10-13(19)15-11-5-3-4-6-11/h9,11,14H,2-8,10H2,1H3,(H,15,19). The summed E-state index contributed by atoms with van der Waals surface area (Å²) in [4.78, 5) is 11.8. The van der Waals surface area contributed by atoms with Crippen molar-refractivity contribution in [2.24, 2.45) is 0 Å². The van der Waals surface area contributed by atoms with Crippen LogP contribution in [0.15, 0.2) is 6.20 Å². The van der Waals surface area contributed by atoms with Crippen molar-refractivity contribution < 1.29 is 4.79 Å². The molecule has 0 radical (unpaired) electrons. The Bertz CT molecular complexity index is 397. The summed E-state index contributed by atoms with van der Waals surface area (Å²) in [6.45, 7) is 4.06. The van der Waals surface area contributed by atoms with E-state index in [0.29, 0.717) is 12.6 Å². The van der Waals surface area contributed by atoms with E-state index < -0.39 is 0 Å². The van der Waals surface area contributed by atoms with E-state index >= 15 is 0 Å². The number of amides is 1. The van der Waals surface area contributed by atoms with Crippen molar-refractivity contribution in [1.29, 1.82) is 0 Å². The van der Waals surface area contributed by atoms with Crippen LogP contribution in [-0.2, 0) is 17.9 Å². The number of hydrogen-bond acceptors (Lipinski definition) is 4. The maximum absolute atomic E-state index is 11.8. The van der Waals surface area contributed by atoms with Crippen LogP contribution in [0.4, 0.5) is 0 Å². The molecular weight excluding hydrogens is 242 g/mol. The topological polar surface area (TPSA) is 71.8 Å². The van der Waals surface area contributed by atoms with Gasteiger partial charge in [0.15, 0.2) is 0 Å². The molecule has 1 aromatic heterocycles. The van der Waals surface area contributed by atoms with Crippen LogP contribution in [0.2, 0.25) is 0 Å². The van der Waals surface area contributed by atoms with E-state index in [4.69, 9.17) is 0 Å². The highest BCUT2D eigenvalue weighted by Crippen LogP contribution is 2.17. The fourth-order valence-electron chi connectivity index (χ4n) is 2.38. The number of rotatable bonds is 7. The molecule has 0 bridgehead atoms. The highest BCUT2D eigenvalue weighted by Gasteiger charge is 2.17. The van der Waals surface area contributed by atoms with Crippen molar-refractivity contribution in [2.45, 2.75) is 58.2 Å². The van der Waals surface area contributed by atoms with E-state index in [0.717, 1.165) is 31.5 Å². The Balaban J connectivity index is 1.73. The van der Waals surface area contributed by atoms with Crippen LogP contribution in [0.3, 0.4) is 0 Å². The largest absolute Gasteiger partial charge is 0.352 e. The van der Waals surface area contributed by atoms with Gasteiger partial charge in [0.05, 0.1) is 11.9 Å². The Kier molecular flexibility index (Phi) is 5.32. The third-order valence-corrected chi connectivity index (χ3v) is 3.34. The molecule has 1 aliphatic carbocycles. The molecule has 1 heterocycles. The molecule has 1 saturated carbocycles. The van der Waals surface area contributed by atoms with Crippen molar-refractivity contribution in [1.82, 2.24) is 25.6 Å². The molecule has 0 unspecified atom stereocenters. The molecule has 1 fully saturated rings. The minimum Gasteiger partial charge on any atom is -0.352 e. The lowest BCUT2D eigenvalue weighted by molar-refractivity contribution is -0.122. The average Bonchev–Trinajstić information content (AvgIpc) is 3.02. The SMILES string of the molecule is CCCNCc1cn(CC(=O)NC2CCCC2)nn1. The molecule has 6 heteroatoms. The molecule has 0 aromatic carbocycles. The molecule has 2 N–H and O–H groups in total. The first-order valence-corrected chi connectivity index (χ1v) is 7.17. The van der Waals surface area contributed by atoms with E-state index in [-0.39, 0.29) is 12.5 Å². The summed E-state index contributed by atoms with van der Waals surface area (Å²) < 4.78 is 1.60. The average molecular weight is 265 g/mol. The molecule has 0 atom stereocenters. The number of aromatic nitrogens is 3. The molecule has 1 aromatic rings. The molecule has 0 saturated heterocycles. The van der Waals surface area contributed by atoms with Gasteiger partial charge < -0.3 is 10.6 Å². The van der Waals surface area contributed by atoms with Gasteiger partial charge in [-0.1, -0.05) is 25.0 Å². The van der Waals surface area contributed by atoms with Gasteiger partial charge in [-0.3, -0.25) is 4.79 Å². The quantitative estimate of drug-likeness (QED) is 0.717. The molecule has 0 aliphatic heterocycles. The van der Waals surface area contributed by atoms with Gasteiger partial charge in [-0.25, -0.2) is 4.68 Å². The molecule has 1 aliphatic rings. The lowest BCUT2D eigenvalue weighted by atomic mass is 10.2. The Morgan fingerprint density at radius 3 is 3.00 bits per heavy atom. The molecule has 0 spiro atoms. The number of hydrogen-bond donors (Lipinski definition) is 2. The van der Waals surface area contributed by atoms with Crippen LogP contribution in [0.25, 0.3) is 0 Å². The predicted molar refractivity (Wildman–Crippen MR) is 72.4 cm³/mol.